The Morgan fingerprint density at radius 1 is 1.11 bits per heavy atom. The van der Waals surface area contributed by atoms with Gasteiger partial charge in [0.15, 0.2) is 5.76 Å². The number of nitrogens with zero attached hydrogens (tertiary/aromatic N) is 1. The van der Waals surface area contributed by atoms with Crippen LogP contribution < -0.4 is 10.9 Å². The van der Waals surface area contributed by atoms with E-state index in [1.54, 1.807) is 18.2 Å². The van der Waals surface area contributed by atoms with Crippen LogP contribution in [0.2, 0.25) is 0 Å². The molecule has 0 spiro atoms. The van der Waals surface area contributed by atoms with E-state index in [9.17, 15) is 19.7 Å². The van der Waals surface area contributed by atoms with Crippen LogP contribution in [0.15, 0.2) is 52.9 Å². The summed E-state index contributed by atoms with van der Waals surface area (Å²) in [7, 11) is 1.49. The van der Waals surface area contributed by atoms with Gasteiger partial charge in [0.2, 0.25) is 0 Å². The minimum atomic E-state index is -0.698. The Labute approximate surface area is 153 Å². The SMILES string of the molecule is COCc1c(C(=O)NNC(=O)c2cccc([N+](=O)[O-])c2)oc2ccccc12. The van der Waals surface area contributed by atoms with E-state index >= 15 is 0 Å². The third kappa shape index (κ3) is 3.77. The molecule has 9 nitrogen and oxygen atoms in total. The van der Waals surface area contributed by atoms with Crippen LogP contribution in [0.3, 0.4) is 0 Å². The minimum absolute atomic E-state index is 0.0115. The van der Waals surface area contributed by atoms with Crippen LogP contribution >= 0.6 is 0 Å². The monoisotopic (exact) mass is 369 g/mol. The molecule has 3 rings (SSSR count). The van der Waals surface area contributed by atoms with Crippen molar-refractivity contribution in [1.29, 1.82) is 0 Å². The van der Waals surface area contributed by atoms with Crippen LogP contribution in [0.4, 0.5) is 5.69 Å². The number of methoxy groups -OCH3 is 1. The third-order valence-electron chi connectivity index (χ3n) is 3.80. The number of hydrogen-bond donors (Lipinski definition) is 2. The molecule has 0 atom stereocenters. The maximum absolute atomic E-state index is 12.4. The van der Waals surface area contributed by atoms with Gasteiger partial charge in [-0.15, -0.1) is 0 Å². The van der Waals surface area contributed by atoms with Gasteiger partial charge in [0.1, 0.15) is 5.58 Å². The third-order valence-corrected chi connectivity index (χ3v) is 3.80. The molecule has 0 aliphatic carbocycles. The largest absolute Gasteiger partial charge is 0.450 e. The molecule has 2 aromatic carbocycles. The van der Waals surface area contributed by atoms with Crippen LogP contribution in [0.5, 0.6) is 0 Å². The topological polar surface area (TPSA) is 124 Å². The van der Waals surface area contributed by atoms with Gasteiger partial charge in [-0.25, -0.2) is 0 Å². The van der Waals surface area contributed by atoms with Crippen molar-refractivity contribution in [3.8, 4) is 0 Å². The molecule has 0 fully saturated rings. The van der Waals surface area contributed by atoms with Gasteiger partial charge in [-0.05, 0) is 12.1 Å². The highest BCUT2D eigenvalue weighted by molar-refractivity contribution is 6.01. The van der Waals surface area contributed by atoms with E-state index in [1.165, 1.54) is 25.3 Å². The summed E-state index contributed by atoms with van der Waals surface area (Å²) in [5, 5.41) is 11.5. The molecule has 0 aliphatic heterocycles. The molecule has 0 unspecified atom stereocenters. The van der Waals surface area contributed by atoms with E-state index < -0.39 is 16.7 Å². The average molecular weight is 369 g/mol. The second-order valence-electron chi connectivity index (χ2n) is 5.55. The van der Waals surface area contributed by atoms with Crippen LogP contribution in [0.1, 0.15) is 26.5 Å². The maximum atomic E-state index is 12.4. The summed E-state index contributed by atoms with van der Waals surface area (Å²) in [6.45, 7) is 0.151. The average Bonchev–Trinajstić information content (AvgIpc) is 3.05. The van der Waals surface area contributed by atoms with Crippen LogP contribution in [0, 0.1) is 10.1 Å². The lowest BCUT2D eigenvalue weighted by Crippen LogP contribution is -2.41. The highest BCUT2D eigenvalue weighted by Crippen LogP contribution is 2.26. The zero-order valence-corrected chi connectivity index (χ0v) is 14.2. The van der Waals surface area contributed by atoms with E-state index in [-0.39, 0.29) is 23.6 Å². The number of rotatable bonds is 5. The van der Waals surface area contributed by atoms with Gasteiger partial charge in [0.25, 0.3) is 11.6 Å². The Bertz CT molecular complexity index is 1030. The van der Waals surface area contributed by atoms with Crippen molar-refractivity contribution in [1.82, 2.24) is 10.9 Å². The van der Waals surface area contributed by atoms with E-state index in [1.807, 2.05) is 6.07 Å². The fourth-order valence-electron chi connectivity index (χ4n) is 2.57. The molecule has 2 N–H and O–H groups in total. The van der Waals surface area contributed by atoms with Crippen molar-refractivity contribution < 1.29 is 23.7 Å². The Morgan fingerprint density at radius 3 is 2.59 bits per heavy atom. The smallest absolute Gasteiger partial charge is 0.305 e. The summed E-state index contributed by atoms with van der Waals surface area (Å²) >= 11 is 0. The summed E-state index contributed by atoms with van der Waals surface area (Å²) in [6, 6.07) is 12.2. The Balaban J connectivity index is 1.77. The Kier molecular flexibility index (Phi) is 5.13. The Hall–Kier alpha value is -3.72. The van der Waals surface area contributed by atoms with Crippen molar-refractivity contribution in [3.63, 3.8) is 0 Å². The molecule has 0 radical (unpaired) electrons. The fraction of sp³-hybridized carbons (Fsp3) is 0.111. The number of nitro benzene ring substituents is 1. The number of carbonyl (C=O) groups excluding carboxylic acids is 2. The van der Waals surface area contributed by atoms with Gasteiger partial charge < -0.3 is 9.15 Å². The first kappa shape index (κ1) is 18.1. The first-order chi connectivity index (χ1) is 13.0. The summed E-state index contributed by atoms with van der Waals surface area (Å²) in [5.74, 6) is -1.36. The Morgan fingerprint density at radius 2 is 1.85 bits per heavy atom. The molecule has 27 heavy (non-hydrogen) atoms. The minimum Gasteiger partial charge on any atom is -0.450 e. The molecule has 9 heteroatoms. The van der Waals surface area contributed by atoms with Crippen molar-refractivity contribution in [2.24, 2.45) is 0 Å². The number of non-ortho nitro benzene ring substituents is 1. The molecule has 0 bridgehead atoms. The first-order valence-corrected chi connectivity index (χ1v) is 7.85. The van der Waals surface area contributed by atoms with Crippen LogP contribution in [-0.2, 0) is 11.3 Å². The number of nitro groups is 1. The lowest BCUT2D eigenvalue weighted by atomic mass is 10.1. The molecule has 0 saturated carbocycles. The first-order valence-electron chi connectivity index (χ1n) is 7.85. The fourth-order valence-corrected chi connectivity index (χ4v) is 2.57. The molecule has 0 saturated heterocycles. The summed E-state index contributed by atoms with van der Waals surface area (Å²) in [4.78, 5) is 34.8. The van der Waals surface area contributed by atoms with Crippen molar-refractivity contribution in [2.75, 3.05) is 7.11 Å². The van der Waals surface area contributed by atoms with Gasteiger partial charge in [-0.2, -0.15) is 0 Å². The molecule has 1 aromatic heterocycles. The van der Waals surface area contributed by atoms with Gasteiger partial charge in [-0.3, -0.25) is 30.6 Å². The molecule has 0 aliphatic rings. The number of amides is 2. The molecule has 2 amide bonds. The second-order valence-corrected chi connectivity index (χ2v) is 5.55. The zero-order chi connectivity index (χ0) is 19.4. The second kappa shape index (κ2) is 7.67. The summed E-state index contributed by atoms with van der Waals surface area (Å²) < 4.78 is 10.7. The molecule has 3 aromatic rings. The van der Waals surface area contributed by atoms with E-state index in [4.69, 9.17) is 9.15 Å². The lowest BCUT2D eigenvalue weighted by molar-refractivity contribution is -0.384. The number of furan rings is 1. The van der Waals surface area contributed by atoms with E-state index in [0.717, 1.165) is 11.5 Å². The van der Waals surface area contributed by atoms with Crippen molar-refractivity contribution in [2.45, 2.75) is 6.61 Å². The molecular formula is C18H15N3O6. The zero-order valence-electron chi connectivity index (χ0n) is 14.2. The van der Waals surface area contributed by atoms with Crippen LogP contribution in [-0.4, -0.2) is 23.8 Å². The van der Waals surface area contributed by atoms with Crippen LogP contribution in [0.25, 0.3) is 11.0 Å². The predicted molar refractivity (Wildman–Crippen MR) is 95.0 cm³/mol. The highest BCUT2D eigenvalue weighted by Gasteiger charge is 2.21. The van der Waals surface area contributed by atoms with Gasteiger partial charge >= 0.3 is 5.91 Å². The summed E-state index contributed by atoms with van der Waals surface area (Å²) in [5.41, 5.74) is 5.33. The number of fused-ring (bicyclic) bond motifs is 1. The summed E-state index contributed by atoms with van der Waals surface area (Å²) in [6.07, 6.45) is 0. The number of para-hydroxylation sites is 1. The molecular weight excluding hydrogens is 354 g/mol. The van der Waals surface area contributed by atoms with Gasteiger partial charge in [0.05, 0.1) is 11.5 Å². The normalized spacial score (nSPS) is 10.6. The van der Waals surface area contributed by atoms with Crippen molar-refractivity contribution in [3.05, 3.63) is 75.5 Å². The number of hydrazine groups is 1. The quantitative estimate of drug-likeness (QED) is 0.526. The van der Waals surface area contributed by atoms with Gasteiger partial charge in [0, 0.05) is 35.8 Å². The highest BCUT2D eigenvalue weighted by atomic mass is 16.6. The number of nitrogens with one attached hydrogen (secondary N) is 2. The molecule has 138 valence electrons. The number of ether oxygens (including phenoxy) is 1. The van der Waals surface area contributed by atoms with E-state index in [0.29, 0.717) is 11.1 Å². The predicted octanol–water partition coefficient (Wildman–Crippen LogP) is 2.56. The number of hydrogen-bond acceptors (Lipinski definition) is 6. The standard InChI is InChI=1S/C18H15N3O6/c1-26-10-14-13-7-2-3-8-15(13)27-16(14)18(23)20-19-17(22)11-5-4-6-12(9-11)21(24)25/h2-9H,10H2,1H3,(H,19,22)(H,20,23). The van der Waals surface area contributed by atoms with E-state index in [2.05, 4.69) is 10.9 Å². The maximum Gasteiger partial charge on any atom is 0.305 e. The number of benzene rings is 2. The molecule has 1 heterocycles. The lowest BCUT2D eigenvalue weighted by Gasteiger charge is -2.07. The van der Waals surface area contributed by atoms with Crippen molar-refractivity contribution >= 4 is 28.5 Å². The number of carbonyl (C=O) groups is 2. The van der Waals surface area contributed by atoms with Gasteiger partial charge in [-0.1, -0.05) is 24.3 Å².